The maximum atomic E-state index is 12.5. The summed E-state index contributed by atoms with van der Waals surface area (Å²) < 4.78 is 10.4. The average Bonchev–Trinajstić information content (AvgIpc) is 3.05. The molecule has 1 fully saturated rings. The molecule has 26 heavy (non-hydrogen) atoms. The van der Waals surface area contributed by atoms with Crippen LogP contribution in [0.1, 0.15) is 31.3 Å². The number of likely N-dealkylation sites (tertiary alicyclic amines) is 1. The molecular weight excluding hydrogens is 336 g/mol. The SMILES string of the molecule is CCOC(=O)C1CCCN(C(=O)CN(C)C(=O)C=Cc2ccc(C)o2)C1. The number of piperidine rings is 1. The maximum Gasteiger partial charge on any atom is 0.310 e. The number of carbonyl (C=O) groups excluding carboxylic acids is 3. The zero-order valence-electron chi connectivity index (χ0n) is 15.6. The molecule has 1 aliphatic heterocycles. The number of furan rings is 1. The van der Waals surface area contributed by atoms with Crippen LogP contribution in [0.2, 0.25) is 0 Å². The van der Waals surface area contributed by atoms with Crippen molar-refractivity contribution in [2.24, 2.45) is 5.92 Å². The molecule has 0 saturated carbocycles. The van der Waals surface area contributed by atoms with Gasteiger partial charge in [0.05, 0.1) is 19.1 Å². The van der Waals surface area contributed by atoms with Crippen LogP contribution in [0.5, 0.6) is 0 Å². The van der Waals surface area contributed by atoms with E-state index in [1.807, 2.05) is 13.0 Å². The topological polar surface area (TPSA) is 80.1 Å². The van der Waals surface area contributed by atoms with Gasteiger partial charge in [0.25, 0.3) is 0 Å². The molecule has 1 atom stereocenters. The van der Waals surface area contributed by atoms with Gasteiger partial charge in [0.1, 0.15) is 11.5 Å². The highest BCUT2D eigenvalue weighted by molar-refractivity contribution is 5.94. The van der Waals surface area contributed by atoms with Gasteiger partial charge in [-0.25, -0.2) is 0 Å². The first-order chi connectivity index (χ1) is 12.4. The second kappa shape index (κ2) is 9.22. The summed E-state index contributed by atoms with van der Waals surface area (Å²) in [5, 5.41) is 0. The third kappa shape index (κ3) is 5.47. The Labute approximate surface area is 153 Å². The molecular formula is C19H26N2O5. The third-order valence-corrected chi connectivity index (χ3v) is 4.29. The Kier molecular flexibility index (Phi) is 7.00. The van der Waals surface area contributed by atoms with Gasteiger partial charge in [-0.15, -0.1) is 0 Å². The number of hydrogen-bond donors (Lipinski definition) is 0. The van der Waals surface area contributed by atoms with Crippen LogP contribution in [-0.2, 0) is 19.1 Å². The van der Waals surface area contributed by atoms with Gasteiger partial charge >= 0.3 is 5.97 Å². The number of aryl methyl sites for hydroxylation is 1. The van der Waals surface area contributed by atoms with Crippen LogP contribution in [0.4, 0.5) is 0 Å². The summed E-state index contributed by atoms with van der Waals surface area (Å²) in [7, 11) is 1.57. The predicted octanol–water partition coefficient (Wildman–Crippen LogP) is 1.86. The van der Waals surface area contributed by atoms with Crippen LogP contribution in [0.3, 0.4) is 0 Å². The fourth-order valence-electron chi connectivity index (χ4n) is 2.86. The molecule has 2 rings (SSSR count). The van der Waals surface area contributed by atoms with E-state index in [4.69, 9.17) is 9.15 Å². The van der Waals surface area contributed by atoms with Crippen LogP contribution in [-0.4, -0.2) is 60.9 Å². The van der Waals surface area contributed by atoms with Gasteiger partial charge in [-0.1, -0.05) is 0 Å². The Hall–Kier alpha value is -2.57. The fraction of sp³-hybridized carbons (Fsp3) is 0.526. The monoisotopic (exact) mass is 362 g/mol. The lowest BCUT2D eigenvalue weighted by molar-refractivity contribution is -0.151. The number of hydrogen-bond acceptors (Lipinski definition) is 5. The third-order valence-electron chi connectivity index (χ3n) is 4.29. The van der Waals surface area contributed by atoms with Gasteiger partial charge in [-0.2, -0.15) is 0 Å². The molecule has 1 aromatic heterocycles. The lowest BCUT2D eigenvalue weighted by Gasteiger charge is -2.32. The van der Waals surface area contributed by atoms with Crippen LogP contribution < -0.4 is 0 Å². The highest BCUT2D eigenvalue weighted by Crippen LogP contribution is 2.18. The van der Waals surface area contributed by atoms with Crippen LogP contribution in [0, 0.1) is 12.8 Å². The first-order valence-electron chi connectivity index (χ1n) is 8.84. The van der Waals surface area contributed by atoms with Crippen LogP contribution >= 0.6 is 0 Å². The number of nitrogens with zero attached hydrogens (tertiary/aromatic N) is 2. The average molecular weight is 362 g/mol. The molecule has 0 N–H and O–H groups in total. The van der Waals surface area contributed by atoms with E-state index in [9.17, 15) is 14.4 Å². The largest absolute Gasteiger partial charge is 0.466 e. The molecule has 0 bridgehead atoms. The molecule has 1 saturated heterocycles. The summed E-state index contributed by atoms with van der Waals surface area (Å²) in [6, 6.07) is 3.58. The standard InChI is InChI=1S/C19H26N2O5/c1-4-25-19(24)15-6-5-11-21(12-15)18(23)13-20(3)17(22)10-9-16-8-7-14(2)26-16/h7-10,15H,4-6,11-13H2,1-3H3. The minimum atomic E-state index is -0.286. The molecule has 0 spiro atoms. The van der Waals surface area contributed by atoms with E-state index in [-0.39, 0.29) is 30.2 Å². The van der Waals surface area contributed by atoms with Gasteiger partial charge in [0.15, 0.2) is 0 Å². The Morgan fingerprint density at radius 3 is 2.81 bits per heavy atom. The molecule has 7 heteroatoms. The van der Waals surface area contributed by atoms with E-state index in [0.717, 1.165) is 18.6 Å². The van der Waals surface area contributed by atoms with E-state index in [0.29, 0.717) is 25.5 Å². The molecule has 1 aliphatic rings. The molecule has 0 aliphatic carbocycles. The number of esters is 1. The second-order valence-electron chi connectivity index (χ2n) is 6.41. The van der Waals surface area contributed by atoms with Crippen LogP contribution in [0.25, 0.3) is 6.08 Å². The summed E-state index contributed by atoms with van der Waals surface area (Å²) in [5.74, 6) is 0.357. The minimum absolute atomic E-state index is 0.0318. The van der Waals surface area contributed by atoms with Crippen molar-refractivity contribution >= 4 is 23.9 Å². The maximum absolute atomic E-state index is 12.5. The molecule has 7 nitrogen and oxygen atoms in total. The Bertz CT molecular complexity index is 679. The Morgan fingerprint density at radius 1 is 1.38 bits per heavy atom. The van der Waals surface area contributed by atoms with Gasteiger partial charge in [-0.05, 0) is 44.9 Å². The molecule has 1 aromatic rings. The quantitative estimate of drug-likeness (QED) is 0.570. The number of amides is 2. The summed E-state index contributed by atoms with van der Waals surface area (Å²) in [5.41, 5.74) is 0. The lowest BCUT2D eigenvalue weighted by Crippen LogP contribution is -2.47. The molecule has 2 amide bonds. The van der Waals surface area contributed by atoms with Crippen LogP contribution in [0.15, 0.2) is 22.6 Å². The van der Waals surface area contributed by atoms with Gasteiger partial charge in [-0.3, -0.25) is 14.4 Å². The van der Waals surface area contributed by atoms with E-state index in [2.05, 4.69) is 0 Å². The predicted molar refractivity (Wildman–Crippen MR) is 96.1 cm³/mol. The minimum Gasteiger partial charge on any atom is -0.466 e. The normalized spacial score (nSPS) is 17.3. The summed E-state index contributed by atoms with van der Waals surface area (Å²) in [6.45, 7) is 4.84. The summed E-state index contributed by atoms with van der Waals surface area (Å²) >= 11 is 0. The van der Waals surface area contributed by atoms with Crippen molar-refractivity contribution in [3.8, 4) is 0 Å². The zero-order chi connectivity index (χ0) is 19.1. The Morgan fingerprint density at radius 2 is 2.15 bits per heavy atom. The fourth-order valence-corrected chi connectivity index (χ4v) is 2.86. The number of carbonyl (C=O) groups is 3. The highest BCUT2D eigenvalue weighted by atomic mass is 16.5. The van der Waals surface area contributed by atoms with Gasteiger partial charge in [0.2, 0.25) is 11.8 Å². The van der Waals surface area contributed by atoms with E-state index < -0.39 is 0 Å². The molecule has 0 aromatic carbocycles. The molecule has 142 valence electrons. The molecule has 2 heterocycles. The highest BCUT2D eigenvalue weighted by Gasteiger charge is 2.29. The van der Waals surface area contributed by atoms with Gasteiger partial charge < -0.3 is 19.0 Å². The van der Waals surface area contributed by atoms with Crippen molar-refractivity contribution in [1.82, 2.24) is 9.80 Å². The summed E-state index contributed by atoms with van der Waals surface area (Å²) in [6.07, 6.45) is 4.43. The Balaban J connectivity index is 1.86. The number of rotatable bonds is 6. The van der Waals surface area contributed by atoms with E-state index >= 15 is 0 Å². The van der Waals surface area contributed by atoms with E-state index in [1.165, 1.54) is 11.0 Å². The number of likely N-dealkylation sites (N-methyl/N-ethyl adjacent to an activating group) is 1. The first-order valence-corrected chi connectivity index (χ1v) is 8.84. The van der Waals surface area contributed by atoms with Crippen molar-refractivity contribution in [1.29, 1.82) is 0 Å². The van der Waals surface area contributed by atoms with Gasteiger partial charge in [0, 0.05) is 26.2 Å². The molecule has 0 radical (unpaired) electrons. The first kappa shape index (κ1) is 19.8. The smallest absolute Gasteiger partial charge is 0.310 e. The van der Waals surface area contributed by atoms with Crippen molar-refractivity contribution < 1.29 is 23.5 Å². The zero-order valence-corrected chi connectivity index (χ0v) is 15.6. The summed E-state index contributed by atoms with van der Waals surface area (Å²) in [4.78, 5) is 39.5. The van der Waals surface area contributed by atoms with Crippen molar-refractivity contribution in [2.45, 2.75) is 26.7 Å². The second-order valence-corrected chi connectivity index (χ2v) is 6.41. The van der Waals surface area contributed by atoms with Crippen molar-refractivity contribution in [3.63, 3.8) is 0 Å². The number of ether oxygens (including phenoxy) is 1. The van der Waals surface area contributed by atoms with E-state index in [1.54, 1.807) is 31.0 Å². The van der Waals surface area contributed by atoms with Crippen molar-refractivity contribution in [2.75, 3.05) is 33.3 Å². The molecule has 1 unspecified atom stereocenters. The lowest BCUT2D eigenvalue weighted by atomic mass is 9.98. The van der Waals surface area contributed by atoms with Crippen molar-refractivity contribution in [3.05, 3.63) is 29.7 Å².